The maximum Gasteiger partial charge on any atom is 0.0238 e. The maximum atomic E-state index is 3.56. The third-order valence-corrected chi connectivity index (χ3v) is 2.75. The first-order valence-electron chi connectivity index (χ1n) is 5.20. The molecule has 1 aromatic rings. The average molecular weight is 227 g/mol. The van der Waals surface area contributed by atoms with E-state index in [1.807, 2.05) is 0 Å². The monoisotopic (exact) mass is 226 g/mol. The van der Waals surface area contributed by atoms with Crippen molar-refractivity contribution in [3.8, 4) is 0 Å². The molecule has 0 unspecified atom stereocenters. The molecule has 0 bridgehead atoms. The first kappa shape index (κ1) is 12.5. The van der Waals surface area contributed by atoms with Crippen molar-refractivity contribution in [2.45, 2.75) is 19.0 Å². The third-order valence-electron chi connectivity index (χ3n) is 2.75. The first-order valence-corrected chi connectivity index (χ1v) is 5.20. The fraction of sp³-hybridized carbons (Fsp3) is 0.500. The molecule has 2 nitrogen and oxygen atoms in total. The molecule has 2 rings (SSSR count). The second-order valence-corrected chi connectivity index (χ2v) is 4.31. The number of nitrogens with one attached hydrogen (secondary N) is 1. The molecule has 84 valence electrons. The summed E-state index contributed by atoms with van der Waals surface area (Å²) in [6.07, 6.45) is 1.16. The fourth-order valence-electron chi connectivity index (χ4n) is 2.09. The van der Waals surface area contributed by atoms with E-state index in [0.717, 1.165) is 19.5 Å². The van der Waals surface area contributed by atoms with E-state index in [2.05, 4.69) is 48.6 Å². The zero-order chi connectivity index (χ0) is 9.97. The minimum atomic E-state index is 0. The van der Waals surface area contributed by atoms with Crippen LogP contribution in [-0.4, -0.2) is 31.6 Å². The first-order chi connectivity index (χ1) is 6.75. The molecule has 0 radical (unpaired) electrons. The van der Waals surface area contributed by atoms with Gasteiger partial charge in [-0.05, 0) is 31.6 Å². The minimum Gasteiger partial charge on any atom is -0.308 e. The Morgan fingerprint density at radius 3 is 2.60 bits per heavy atom. The van der Waals surface area contributed by atoms with Crippen molar-refractivity contribution >= 4 is 12.4 Å². The van der Waals surface area contributed by atoms with E-state index in [9.17, 15) is 0 Å². The summed E-state index contributed by atoms with van der Waals surface area (Å²) in [5.74, 6) is 0. The third kappa shape index (κ3) is 3.20. The number of fused-ring (bicyclic) bond motifs is 1. The van der Waals surface area contributed by atoms with Crippen LogP contribution in [0.5, 0.6) is 0 Å². The normalized spacial score (nSPS) is 19.5. The molecule has 0 saturated carbocycles. The van der Waals surface area contributed by atoms with Crippen LogP contribution in [-0.2, 0) is 13.0 Å². The Labute approximate surface area is 98.1 Å². The van der Waals surface area contributed by atoms with E-state index in [4.69, 9.17) is 0 Å². The highest BCUT2D eigenvalue weighted by Crippen LogP contribution is 2.16. The van der Waals surface area contributed by atoms with E-state index in [1.165, 1.54) is 11.1 Å². The standard InChI is InChI=1S/C12H18N2.ClH/c1-14(2)9-12-7-10-5-3-4-6-11(10)8-13-12;/h3-6,12-13H,7-9H2,1-2H3;1H/t12-;/m0./s1. The van der Waals surface area contributed by atoms with E-state index < -0.39 is 0 Å². The van der Waals surface area contributed by atoms with Gasteiger partial charge in [-0.3, -0.25) is 0 Å². The zero-order valence-corrected chi connectivity index (χ0v) is 10.2. The summed E-state index contributed by atoms with van der Waals surface area (Å²) in [6, 6.07) is 9.33. The summed E-state index contributed by atoms with van der Waals surface area (Å²) in [4.78, 5) is 2.24. The fourth-order valence-corrected chi connectivity index (χ4v) is 2.09. The van der Waals surface area contributed by atoms with Gasteiger partial charge in [0.15, 0.2) is 0 Å². The van der Waals surface area contributed by atoms with Crippen molar-refractivity contribution in [1.29, 1.82) is 0 Å². The van der Waals surface area contributed by atoms with Crippen LogP contribution in [0.4, 0.5) is 0 Å². The molecule has 0 spiro atoms. The second-order valence-electron chi connectivity index (χ2n) is 4.31. The van der Waals surface area contributed by atoms with Gasteiger partial charge in [0.1, 0.15) is 0 Å². The molecule has 1 aromatic carbocycles. The van der Waals surface area contributed by atoms with E-state index in [-0.39, 0.29) is 12.4 Å². The van der Waals surface area contributed by atoms with E-state index >= 15 is 0 Å². The Balaban J connectivity index is 0.00000112. The summed E-state index contributed by atoms with van der Waals surface area (Å²) < 4.78 is 0. The van der Waals surface area contributed by atoms with Crippen LogP contribution in [0.15, 0.2) is 24.3 Å². The second kappa shape index (κ2) is 5.50. The molecule has 15 heavy (non-hydrogen) atoms. The predicted octanol–water partition coefficient (Wildman–Crippen LogP) is 1.68. The molecule has 0 aromatic heterocycles. The Kier molecular flexibility index (Phi) is 4.58. The van der Waals surface area contributed by atoms with Crippen molar-refractivity contribution in [3.05, 3.63) is 35.4 Å². The highest BCUT2D eigenvalue weighted by atomic mass is 35.5. The van der Waals surface area contributed by atoms with Crippen molar-refractivity contribution < 1.29 is 0 Å². The molecule has 0 amide bonds. The summed E-state index contributed by atoms with van der Waals surface area (Å²) in [5.41, 5.74) is 2.97. The lowest BCUT2D eigenvalue weighted by Gasteiger charge is -2.28. The van der Waals surface area contributed by atoms with Gasteiger partial charge in [-0.25, -0.2) is 0 Å². The summed E-state index contributed by atoms with van der Waals surface area (Å²) >= 11 is 0. The smallest absolute Gasteiger partial charge is 0.0238 e. The van der Waals surface area contributed by atoms with Crippen molar-refractivity contribution in [2.24, 2.45) is 0 Å². The largest absolute Gasteiger partial charge is 0.308 e. The number of benzene rings is 1. The summed E-state index contributed by atoms with van der Waals surface area (Å²) in [7, 11) is 4.25. The number of likely N-dealkylation sites (N-methyl/N-ethyl adjacent to an activating group) is 1. The maximum absolute atomic E-state index is 3.56. The van der Waals surface area contributed by atoms with Gasteiger partial charge in [-0.2, -0.15) is 0 Å². The van der Waals surface area contributed by atoms with Gasteiger partial charge in [0.25, 0.3) is 0 Å². The number of hydrogen-bond acceptors (Lipinski definition) is 2. The molecule has 0 saturated heterocycles. The van der Waals surface area contributed by atoms with Crippen LogP contribution in [0.25, 0.3) is 0 Å². The molecule has 1 heterocycles. The van der Waals surface area contributed by atoms with Crippen LogP contribution in [0.2, 0.25) is 0 Å². The minimum absolute atomic E-state index is 0. The molecule has 1 aliphatic rings. The van der Waals surface area contributed by atoms with Crippen LogP contribution in [0.3, 0.4) is 0 Å². The highest BCUT2D eigenvalue weighted by molar-refractivity contribution is 5.85. The summed E-state index contributed by atoms with van der Waals surface area (Å²) in [6.45, 7) is 2.14. The number of hydrogen-bond donors (Lipinski definition) is 1. The van der Waals surface area contributed by atoms with Gasteiger partial charge in [0, 0.05) is 19.1 Å². The molecule has 0 aliphatic carbocycles. The van der Waals surface area contributed by atoms with Gasteiger partial charge >= 0.3 is 0 Å². The quantitative estimate of drug-likeness (QED) is 0.826. The lowest BCUT2D eigenvalue weighted by molar-refractivity contribution is 0.326. The van der Waals surface area contributed by atoms with Crippen LogP contribution in [0.1, 0.15) is 11.1 Å². The van der Waals surface area contributed by atoms with Crippen molar-refractivity contribution in [1.82, 2.24) is 10.2 Å². The van der Waals surface area contributed by atoms with Gasteiger partial charge in [-0.15, -0.1) is 12.4 Å². The Morgan fingerprint density at radius 1 is 1.27 bits per heavy atom. The van der Waals surface area contributed by atoms with Gasteiger partial charge in [-0.1, -0.05) is 24.3 Å². The van der Waals surface area contributed by atoms with Gasteiger partial charge in [0.05, 0.1) is 0 Å². The SMILES string of the molecule is CN(C)C[C@@H]1Cc2ccccc2CN1.Cl. The molecule has 1 atom stereocenters. The Morgan fingerprint density at radius 2 is 1.93 bits per heavy atom. The van der Waals surface area contributed by atoms with E-state index in [0.29, 0.717) is 6.04 Å². The molecule has 1 N–H and O–H groups in total. The Bertz CT molecular complexity index is 312. The van der Waals surface area contributed by atoms with Crippen LogP contribution < -0.4 is 5.32 Å². The van der Waals surface area contributed by atoms with Crippen LogP contribution >= 0.6 is 12.4 Å². The Hall–Kier alpha value is -0.570. The zero-order valence-electron chi connectivity index (χ0n) is 9.36. The summed E-state index contributed by atoms with van der Waals surface area (Å²) in [5, 5.41) is 3.56. The number of rotatable bonds is 2. The van der Waals surface area contributed by atoms with Gasteiger partial charge in [0.2, 0.25) is 0 Å². The molecule has 1 aliphatic heterocycles. The predicted molar refractivity (Wildman–Crippen MR) is 66.6 cm³/mol. The van der Waals surface area contributed by atoms with Crippen LogP contribution in [0, 0.1) is 0 Å². The topological polar surface area (TPSA) is 15.3 Å². The number of halogens is 1. The van der Waals surface area contributed by atoms with Crippen molar-refractivity contribution in [3.63, 3.8) is 0 Å². The molecular weight excluding hydrogens is 208 g/mol. The molecule has 3 heteroatoms. The lowest BCUT2D eigenvalue weighted by atomic mass is 9.96. The number of nitrogens with zero attached hydrogens (tertiary/aromatic N) is 1. The molecular formula is C12H19ClN2. The van der Waals surface area contributed by atoms with E-state index in [1.54, 1.807) is 0 Å². The molecule has 0 fully saturated rings. The van der Waals surface area contributed by atoms with Crippen molar-refractivity contribution in [2.75, 3.05) is 20.6 Å². The average Bonchev–Trinajstić information content (AvgIpc) is 2.17. The lowest BCUT2D eigenvalue weighted by Crippen LogP contribution is -2.42. The highest BCUT2D eigenvalue weighted by Gasteiger charge is 2.17. The van der Waals surface area contributed by atoms with Gasteiger partial charge < -0.3 is 10.2 Å².